The third-order valence-corrected chi connectivity index (χ3v) is 9.33. The van der Waals surface area contributed by atoms with Gasteiger partial charge in [-0.3, -0.25) is 14.4 Å². The minimum Gasteiger partial charge on any atom is -0.488 e. The van der Waals surface area contributed by atoms with Gasteiger partial charge in [0.2, 0.25) is 11.7 Å². The summed E-state index contributed by atoms with van der Waals surface area (Å²) in [7, 11) is 0. The number of halogens is 4. The first-order chi connectivity index (χ1) is 23.9. The Morgan fingerprint density at radius 1 is 1.02 bits per heavy atom. The van der Waals surface area contributed by atoms with E-state index < -0.39 is 47.7 Å². The van der Waals surface area contributed by atoms with Crippen molar-refractivity contribution in [1.29, 1.82) is 0 Å². The Bertz CT molecular complexity index is 1750. The van der Waals surface area contributed by atoms with Crippen molar-refractivity contribution in [2.45, 2.75) is 63.8 Å². The van der Waals surface area contributed by atoms with Gasteiger partial charge in [-0.05, 0) is 66.6 Å². The summed E-state index contributed by atoms with van der Waals surface area (Å²) in [4.78, 5) is 41.9. The van der Waals surface area contributed by atoms with E-state index in [9.17, 15) is 32.7 Å². The van der Waals surface area contributed by atoms with E-state index in [1.165, 1.54) is 0 Å². The molecule has 0 radical (unpaired) electrons. The molecular weight excluding hydrogens is 675 g/mol. The summed E-state index contributed by atoms with van der Waals surface area (Å²) in [6, 6.07) is 15.8. The fourth-order valence-electron chi connectivity index (χ4n) is 6.47. The molecule has 2 aliphatic rings. The van der Waals surface area contributed by atoms with Crippen LogP contribution in [0.3, 0.4) is 0 Å². The summed E-state index contributed by atoms with van der Waals surface area (Å²) >= 11 is 6.44. The Morgan fingerprint density at radius 3 is 2.44 bits per heavy atom. The van der Waals surface area contributed by atoms with Crippen molar-refractivity contribution in [2.75, 3.05) is 26.2 Å². The quantitative estimate of drug-likeness (QED) is 0.152. The molecule has 3 atom stereocenters. The maximum Gasteiger partial charge on any atom is 0.305 e. The molecule has 0 aromatic heterocycles. The number of amides is 2. The number of aliphatic hydroxyl groups excluding tert-OH is 1. The van der Waals surface area contributed by atoms with Crippen LogP contribution >= 0.6 is 11.6 Å². The van der Waals surface area contributed by atoms with E-state index in [4.69, 9.17) is 21.4 Å². The summed E-state index contributed by atoms with van der Waals surface area (Å²) in [5.41, 5.74) is 3.90. The van der Waals surface area contributed by atoms with E-state index in [0.29, 0.717) is 49.0 Å². The van der Waals surface area contributed by atoms with Crippen LogP contribution in [0.15, 0.2) is 66.2 Å². The Kier molecular flexibility index (Phi) is 12.2. The second kappa shape index (κ2) is 16.5. The number of rotatable bonds is 14. The average Bonchev–Trinajstić information content (AvgIpc) is 3.08. The van der Waals surface area contributed by atoms with E-state index >= 15 is 0 Å². The molecule has 266 valence electrons. The summed E-state index contributed by atoms with van der Waals surface area (Å²) in [6.07, 6.45) is -0.838. The lowest BCUT2D eigenvalue weighted by molar-refractivity contribution is -0.141. The van der Waals surface area contributed by atoms with Gasteiger partial charge < -0.3 is 30.1 Å². The number of likely N-dealkylation sites (N-methyl/N-ethyl adjacent to an activating group) is 1. The van der Waals surface area contributed by atoms with E-state index in [0.717, 1.165) is 28.3 Å². The van der Waals surface area contributed by atoms with Gasteiger partial charge in [-0.1, -0.05) is 54.1 Å². The van der Waals surface area contributed by atoms with Gasteiger partial charge in [-0.25, -0.2) is 8.78 Å². The van der Waals surface area contributed by atoms with E-state index in [2.05, 4.69) is 5.32 Å². The maximum atomic E-state index is 14.4. The number of nitrogens with zero attached hydrogens (tertiary/aromatic N) is 2. The summed E-state index contributed by atoms with van der Waals surface area (Å²) in [5, 5.41) is 23.2. The van der Waals surface area contributed by atoms with E-state index in [-0.39, 0.29) is 44.0 Å². The lowest BCUT2D eigenvalue weighted by Gasteiger charge is -2.45. The van der Waals surface area contributed by atoms with Crippen molar-refractivity contribution in [3.63, 3.8) is 0 Å². The number of aliphatic carboxylic acids is 1. The van der Waals surface area contributed by atoms with Crippen LogP contribution in [-0.4, -0.2) is 82.2 Å². The van der Waals surface area contributed by atoms with Gasteiger partial charge in [0.1, 0.15) is 0 Å². The molecule has 0 aliphatic carbocycles. The smallest absolute Gasteiger partial charge is 0.305 e. The predicted octanol–water partition coefficient (Wildman–Crippen LogP) is 5.37. The van der Waals surface area contributed by atoms with Crippen LogP contribution in [0.25, 0.3) is 5.57 Å². The number of carbonyl (C=O) groups is 3. The molecule has 0 unspecified atom stereocenters. The van der Waals surface area contributed by atoms with Crippen LogP contribution in [-0.2, 0) is 27.3 Å². The molecule has 2 aliphatic heterocycles. The third-order valence-electron chi connectivity index (χ3n) is 8.96. The van der Waals surface area contributed by atoms with Crippen molar-refractivity contribution < 1.29 is 42.5 Å². The number of aryl methyl sites for hydroxylation is 1. The molecule has 5 rings (SSSR count). The van der Waals surface area contributed by atoms with Crippen molar-refractivity contribution in [1.82, 2.24) is 15.1 Å². The number of piperazine rings is 1. The molecule has 3 aromatic rings. The van der Waals surface area contributed by atoms with Crippen molar-refractivity contribution in [3.05, 3.63) is 105 Å². The van der Waals surface area contributed by atoms with Crippen molar-refractivity contribution >= 4 is 35.0 Å². The van der Waals surface area contributed by atoms with Crippen LogP contribution < -0.4 is 10.1 Å². The predicted molar refractivity (Wildman–Crippen MR) is 181 cm³/mol. The van der Waals surface area contributed by atoms with Gasteiger partial charge in [0.05, 0.1) is 31.6 Å². The number of carbonyl (C=O) groups excluding carboxylic acids is 2. The van der Waals surface area contributed by atoms with Crippen molar-refractivity contribution in [2.24, 2.45) is 0 Å². The first-order valence-corrected chi connectivity index (χ1v) is 16.9. The van der Waals surface area contributed by atoms with E-state index in [1.807, 2.05) is 49.4 Å². The second-order valence-corrected chi connectivity index (χ2v) is 12.9. The SMILES string of the molecule is CCN(Cc1ccccc1Cl)C(=O)C1=C(c2ccc(CCCOc3c(F)ccc(F)c3F)cc2)C[C@@H]2CN(C(=O)C[C@H](O)CC(=O)O)C[C@H]1N2. The normalized spacial score (nSPS) is 17.8. The molecule has 0 saturated carbocycles. The third kappa shape index (κ3) is 8.85. The minimum atomic E-state index is -1.36. The number of hydrogen-bond donors (Lipinski definition) is 3. The zero-order valence-electron chi connectivity index (χ0n) is 27.5. The highest BCUT2D eigenvalue weighted by Crippen LogP contribution is 2.35. The van der Waals surface area contributed by atoms with Crippen LogP contribution in [0.1, 0.15) is 49.3 Å². The maximum absolute atomic E-state index is 14.4. The summed E-state index contributed by atoms with van der Waals surface area (Å²) in [5.74, 6) is -6.07. The zero-order chi connectivity index (χ0) is 35.9. The Morgan fingerprint density at radius 2 is 1.74 bits per heavy atom. The van der Waals surface area contributed by atoms with Gasteiger partial charge in [-0.2, -0.15) is 4.39 Å². The molecule has 3 N–H and O–H groups in total. The first-order valence-electron chi connectivity index (χ1n) is 16.5. The second-order valence-electron chi connectivity index (χ2n) is 12.5. The average molecular weight is 714 g/mol. The van der Waals surface area contributed by atoms with E-state index in [1.54, 1.807) is 15.9 Å². The first kappa shape index (κ1) is 36.9. The summed E-state index contributed by atoms with van der Waals surface area (Å²) in [6.45, 7) is 3.00. The number of fused-ring (bicyclic) bond motifs is 2. The minimum absolute atomic E-state index is 0.0291. The number of hydrogen-bond acceptors (Lipinski definition) is 6. The Labute approximate surface area is 293 Å². The van der Waals surface area contributed by atoms with Gasteiger partial charge in [0.25, 0.3) is 5.91 Å². The van der Waals surface area contributed by atoms with Crippen LogP contribution in [0.4, 0.5) is 13.2 Å². The number of carboxylic acids is 1. The lowest BCUT2D eigenvalue weighted by atomic mass is 9.82. The highest BCUT2D eigenvalue weighted by molar-refractivity contribution is 6.31. The number of aliphatic hydroxyl groups is 1. The molecule has 9 nitrogen and oxygen atoms in total. The zero-order valence-corrected chi connectivity index (χ0v) is 28.3. The topological polar surface area (TPSA) is 119 Å². The molecule has 0 spiro atoms. The Hall–Kier alpha value is -4.39. The van der Waals surface area contributed by atoms with Gasteiger partial charge >= 0.3 is 5.97 Å². The fraction of sp³-hybridized carbons (Fsp3) is 0.378. The van der Waals surface area contributed by atoms with Gasteiger partial charge in [0.15, 0.2) is 17.4 Å². The molecule has 2 bridgehead atoms. The molecule has 1 saturated heterocycles. The molecular formula is C37H39ClF3N3O6. The number of ether oxygens (including phenoxy) is 1. The molecule has 1 fully saturated rings. The Balaban J connectivity index is 1.37. The molecule has 3 aromatic carbocycles. The summed E-state index contributed by atoms with van der Waals surface area (Å²) < 4.78 is 46.5. The molecule has 50 heavy (non-hydrogen) atoms. The highest BCUT2D eigenvalue weighted by Gasteiger charge is 2.41. The lowest BCUT2D eigenvalue weighted by Crippen LogP contribution is -2.62. The van der Waals surface area contributed by atoms with Crippen LogP contribution in [0.5, 0.6) is 5.75 Å². The number of nitrogens with one attached hydrogen (secondary N) is 1. The fourth-order valence-corrected chi connectivity index (χ4v) is 6.66. The number of carboxylic acid groups (broad SMARTS) is 1. The van der Waals surface area contributed by atoms with Gasteiger partial charge in [0, 0.05) is 42.8 Å². The van der Waals surface area contributed by atoms with Crippen LogP contribution in [0.2, 0.25) is 5.02 Å². The monoisotopic (exact) mass is 713 g/mol. The van der Waals surface area contributed by atoms with Crippen molar-refractivity contribution in [3.8, 4) is 5.75 Å². The van der Waals surface area contributed by atoms with Gasteiger partial charge in [-0.15, -0.1) is 0 Å². The number of benzene rings is 3. The highest BCUT2D eigenvalue weighted by atomic mass is 35.5. The largest absolute Gasteiger partial charge is 0.488 e. The molecule has 2 heterocycles. The molecule has 2 amide bonds. The molecule has 13 heteroatoms. The van der Waals surface area contributed by atoms with Crippen LogP contribution in [0, 0.1) is 17.5 Å². The standard InChI is InChI=1S/C37H39ClF3N3O6/c1-2-43(19-24-7-3-4-8-28(24)38)37(49)34-27(16-25-20-44(21-31(34)42-25)32(46)17-26(45)18-33(47)48)23-11-9-22(10-12-23)6-5-15-50-36-30(40)14-13-29(39)35(36)41/h3-4,7-14,25-26,31,42,45H,2,5-6,15-21H2,1H3,(H,47,48)/t25-,26+,31-/m1/s1.